The maximum Gasteiger partial charge on any atom is 0.225 e. The van der Waals surface area contributed by atoms with Crippen LogP contribution in [0, 0.1) is 0 Å². The largest absolute Gasteiger partial charge is 0.294 e. The van der Waals surface area contributed by atoms with Crippen LogP contribution in [0.5, 0.6) is 0 Å². The van der Waals surface area contributed by atoms with E-state index < -0.39 is 5.78 Å². The molecular weight excluding hydrogens is 248 g/mol. The molecule has 2 aromatic rings. The first-order valence-corrected chi connectivity index (χ1v) is 6.62. The van der Waals surface area contributed by atoms with Gasteiger partial charge in [-0.3, -0.25) is 9.59 Å². The Morgan fingerprint density at radius 3 is 1.70 bits per heavy atom. The predicted octanol–water partition coefficient (Wildman–Crippen LogP) is 4.03. The second-order valence-electron chi connectivity index (χ2n) is 5.89. The Bertz CT molecular complexity index is 614. The highest BCUT2D eigenvalue weighted by atomic mass is 16.2. The third kappa shape index (κ3) is 3.02. The molecular formula is C18H18O2. The van der Waals surface area contributed by atoms with Crippen molar-refractivity contribution >= 4 is 12.1 Å². The lowest BCUT2D eigenvalue weighted by Crippen LogP contribution is -2.10. The number of hydrogen-bond acceptors (Lipinski definition) is 2. The van der Waals surface area contributed by atoms with Crippen LogP contribution in [0.2, 0.25) is 0 Å². The quantitative estimate of drug-likeness (QED) is 0.477. The van der Waals surface area contributed by atoms with Crippen LogP contribution in [0.15, 0.2) is 48.5 Å². The van der Waals surface area contributed by atoms with E-state index in [9.17, 15) is 9.59 Å². The summed E-state index contributed by atoms with van der Waals surface area (Å²) in [4.78, 5) is 21.7. The molecule has 2 heteroatoms. The third-order valence-electron chi connectivity index (χ3n) is 3.36. The summed E-state index contributed by atoms with van der Waals surface area (Å²) in [5.41, 5.74) is 3.98. The highest BCUT2D eigenvalue weighted by Gasteiger charge is 2.13. The molecule has 0 aliphatic carbocycles. The average molecular weight is 266 g/mol. The van der Waals surface area contributed by atoms with Gasteiger partial charge in [-0.15, -0.1) is 0 Å². The highest BCUT2D eigenvalue weighted by molar-refractivity contribution is 6.33. The van der Waals surface area contributed by atoms with Crippen molar-refractivity contribution in [3.63, 3.8) is 0 Å². The predicted molar refractivity (Wildman–Crippen MR) is 81.0 cm³/mol. The zero-order valence-electron chi connectivity index (χ0n) is 12.0. The van der Waals surface area contributed by atoms with Gasteiger partial charge in [0.2, 0.25) is 5.78 Å². The van der Waals surface area contributed by atoms with Gasteiger partial charge in [-0.05, 0) is 22.1 Å². The zero-order chi connectivity index (χ0) is 14.8. The Morgan fingerprint density at radius 2 is 1.30 bits per heavy atom. The second kappa shape index (κ2) is 5.41. The van der Waals surface area contributed by atoms with Gasteiger partial charge in [-0.1, -0.05) is 69.3 Å². The van der Waals surface area contributed by atoms with E-state index in [-0.39, 0.29) is 5.41 Å². The number of carbonyl (C=O) groups is 2. The molecule has 2 nitrogen and oxygen atoms in total. The maximum absolute atomic E-state index is 11.2. The van der Waals surface area contributed by atoms with Crippen molar-refractivity contribution in [2.75, 3.05) is 0 Å². The van der Waals surface area contributed by atoms with Gasteiger partial charge in [0.05, 0.1) is 0 Å². The molecule has 0 spiro atoms. The van der Waals surface area contributed by atoms with Crippen LogP contribution < -0.4 is 0 Å². The number of benzene rings is 2. The summed E-state index contributed by atoms with van der Waals surface area (Å²) in [5.74, 6) is -0.486. The minimum absolute atomic E-state index is 0.138. The molecule has 0 aliphatic rings. The summed E-state index contributed by atoms with van der Waals surface area (Å²) in [6.07, 6.45) is 0.340. The number of ketones is 1. The molecule has 0 unspecified atom stereocenters. The van der Waals surface area contributed by atoms with Crippen molar-refractivity contribution in [2.24, 2.45) is 0 Å². The van der Waals surface area contributed by atoms with Crippen molar-refractivity contribution in [2.45, 2.75) is 26.2 Å². The second-order valence-corrected chi connectivity index (χ2v) is 5.89. The molecule has 102 valence electrons. The van der Waals surface area contributed by atoms with Crippen molar-refractivity contribution in [1.82, 2.24) is 0 Å². The molecule has 20 heavy (non-hydrogen) atoms. The number of Topliss-reactive ketones (excluding diaryl/α,β-unsaturated/α-hetero) is 1. The number of aldehydes is 1. The Labute approximate surface area is 119 Å². The third-order valence-corrected chi connectivity index (χ3v) is 3.36. The van der Waals surface area contributed by atoms with Gasteiger partial charge in [0, 0.05) is 5.56 Å². The molecule has 0 aromatic heterocycles. The molecule has 0 amide bonds. The van der Waals surface area contributed by atoms with Gasteiger partial charge < -0.3 is 0 Å². The number of carbonyl (C=O) groups excluding carboxylic acids is 2. The molecule has 0 heterocycles. The van der Waals surface area contributed by atoms with Crippen LogP contribution in [-0.2, 0) is 10.2 Å². The minimum atomic E-state index is -0.486. The lowest BCUT2D eigenvalue weighted by Gasteiger charge is -2.19. The Balaban J connectivity index is 2.28. The number of hydrogen-bond donors (Lipinski definition) is 0. The van der Waals surface area contributed by atoms with Crippen LogP contribution in [0.4, 0.5) is 0 Å². The maximum atomic E-state index is 11.2. The molecule has 0 saturated carbocycles. The molecule has 0 fully saturated rings. The first kappa shape index (κ1) is 14.2. The lowest BCUT2D eigenvalue weighted by molar-refractivity contribution is -0.104. The van der Waals surface area contributed by atoms with Crippen molar-refractivity contribution in [3.8, 4) is 11.1 Å². The summed E-state index contributed by atoms with van der Waals surface area (Å²) in [6, 6.07) is 15.5. The van der Waals surface area contributed by atoms with Gasteiger partial charge in [-0.25, -0.2) is 0 Å². The van der Waals surface area contributed by atoms with E-state index in [1.807, 2.05) is 12.1 Å². The first-order valence-electron chi connectivity index (χ1n) is 6.62. The topological polar surface area (TPSA) is 34.1 Å². The average Bonchev–Trinajstić information content (AvgIpc) is 2.46. The van der Waals surface area contributed by atoms with Crippen LogP contribution in [-0.4, -0.2) is 12.1 Å². The van der Waals surface area contributed by atoms with E-state index in [0.717, 1.165) is 11.1 Å². The molecule has 0 aliphatic heterocycles. The Morgan fingerprint density at radius 1 is 0.850 bits per heavy atom. The van der Waals surface area contributed by atoms with Crippen molar-refractivity contribution in [1.29, 1.82) is 0 Å². The van der Waals surface area contributed by atoms with Gasteiger partial charge in [-0.2, -0.15) is 0 Å². The van der Waals surface area contributed by atoms with E-state index in [4.69, 9.17) is 0 Å². The van der Waals surface area contributed by atoms with Crippen molar-refractivity contribution in [3.05, 3.63) is 59.7 Å². The van der Waals surface area contributed by atoms with Crippen LogP contribution in [0.1, 0.15) is 36.7 Å². The van der Waals surface area contributed by atoms with E-state index in [0.29, 0.717) is 11.8 Å². The fraction of sp³-hybridized carbons (Fsp3) is 0.222. The monoisotopic (exact) mass is 266 g/mol. The van der Waals surface area contributed by atoms with E-state index in [2.05, 4.69) is 45.0 Å². The first-order chi connectivity index (χ1) is 9.41. The van der Waals surface area contributed by atoms with Gasteiger partial charge in [0.25, 0.3) is 0 Å². The zero-order valence-corrected chi connectivity index (χ0v) is 12.0. The SMILES string of the molecule is CC(C)(C)c1ccc(-c2ccc(C(=O)C=O)cc2)cc1. The van der Waals surface area contributed by atoms with E-state index in [1.165, 1.54) is 5.56 Å². The fourth-order valence-corrected chi connectivity index (χ4v) is 2.06. The molecule has 2 rings (SSSR count). The minimum Gasteiger partial charge on any atom is -0.294 e. The molecule has 0 bridgehead atoms. The summed E-state index contributed by atoms with van der Waals surface area (Å²) in [6.45, 7) is 6.55. The van der Waals surface area contributed by atoms with Gasteiger partial charge in [0.15, 0.2) is 6.29 Å². The summed E-state index contributed by atoms with van der Waals surface area (Å²) in [7, 11) is 0. The molecule has 0 atom stereocenters. The van der Waals surface area contributed by atoms with Crippen LogP contribution in [0.25, 0.3) is 11.1 Å². The summed E-state index contributed by atoms with van der Waals surface area (Å²) < 4.78 is 0. The molecule has 0 radical (unpaired) electrons. The standard InChI is InChI=1S/C18H18O2/c1-18(2,3)16-10-8-14(9-11-16)13-4-6-15(7-5-13)17(20)12-19/h4-12H,1-3H3. The highest BCUT2D eigenvalue weighted by Crippen LogP contribution is 2.26. The molecule has 0 saturated heterocycles. The van der Waals surface area contributed by atoms with Crippen LogP contribution >= 0.6 is 0 Å². The number of rotatable bonds is 3. The summed E-state index contributed by atoms with van der Waals surface area (Å²) in [5, 5.41) is 0. The van der Waals surface area contributed by atoms with E-state index in [1.54, 1.807) is 12.1 Å². The summed E-state index contributed by atoms with van der Waals surface area (Å²) >= 11 is 0. The normalized spacial score (nSPS) is 11.2. The fourth-order valence-electron chi connectivity index (χ4n) is 2.06. The van der Waals surface area contributed by atoms with E-state index >= 15 is 0 Å². The van der Waals surface area contributed by atoms with Gasteiger partial charge in [0.1, 0.15) is 0 Å². The molecule has 0 N–H and O–H groups in total. The lowest BCUT2D eigenvalue weighted by atomic mass is 9.86. The Kier molecular flexibility index (Phi) is 3.84. The van der Waals surface area contributed by atoms with Crippen molar-refractivity contribution < 1.29 is 9.59 Å². The Hall–Kier alpha value is -2.22. The smallest absolute Gasteiger partial charge is 0.225 e. The molecule has 2 aromatic carbocycles. The van der Waals surface area contributed by atoms with Crippen LogP contribution in [0.3, 0.4) is 0 Å². The van der Waals surface area contributed by atoms with Gasteiger partial charge >= 0.3 is 0 Å².